The average Bonchev–Trinajstić information content (AvgIpc) is 2.03. The minimum atomic E-state index is -4.31. The second-order valence-electron chi connectivity index (χ2n) is 2.29. The Labute approximate surface area is 98.0 Å². The first-order chi connectivity index (χ1) is 5.90. The fraction of sp³-hybridized carbons (Fsp3) is 1.00. The summed E-state index contributed by atoms with van der Waals surface area (Å²) in [5, 5.41) is 0. The van der Waals surface area contributed by atoms with Crippen LogP contribution < -0.4 is 0 Å². The molecule has 1 nitrogen and oxygen atoms in total. The van der Waals surface area contributed by atoms with Crippen LogP contribution in [0, 0.1) is 0 Å². The first kappa shape index (κ1) is 14.1. The van der Waals surface area contributed by atoms with Gasteiger partial charge in [0.2, 0.25) is 0 Å². The zero-order valence-electron chi connectivity index (χ0n) is 6.45. The zero-order chi connectivity index (χ0) is 10.5. The molecule has 0 saturated carbocycles. The van der Waals surface area contributed by atoms with Crippen molar-refractivity contribution >= 4 is 45.8 Å². The molecule has 13 heavy (non-hydrogen) atoms. The third-order valence-electron chi connectivity index (χ3n) is 1.16. The lowest BCUT2D eigenvalue weighted by atomic mass is 10.3. The van der Waals surface area contributed by atoms with E-state index in [0.717, 1.165) is 0 Å². The number of halogens is 6. The van der Waals surface area contributed by atoms with E-state index < -0.39 is 18.9 Å². The van der Waals surface area contributed by atoms with Gasteiger partial charge < -0.3 is 4.74 Å². The summed E-state index contributed by atoms with van der Waals surface area (Å²) >= 11 is 12.8. The van der Waals surface area contributed by atoms with Crippen LogP contribution in [0.25, 0.3) is 0 Å². The second-order valence-corrected chi connectivity index (χ2v) is 4.51. The molecule has 0 aliphatic heterocycles. The topological polar surface area (TPSA) is 9.23 Å². The Balaban J connectivity index is 3.85. The summed E-state index contributed by atoms with van der Waals surface area (Å²) in [6, 6.07) is 0. The summed E-state index contributed by atoms with van der Waals surface area (Å²) in [4.78, 5) is 0. The maximum atomic E-state index is 11.7. The first-order valence-corrected chi connectivity index (χ1v) is 5.66. The lowest BCUT2D eigenvalue weighted by Gasteiger charge is -2.19. The standard InChI is InChI=1S/C6H8Cl2F3IO/c7-1-4(12)5(2-8)13-3-6(9,10)11/h4-5H,1-3H2. The van der Waals surface area contributed by atoms with Crippen LogP contribution in [0.1, 0.15) is 0 Å². The van der Waals surface area contributed by atoms with Gasteiger partial charge in [0, 0.05) is 11.8 Å². The van der Waals surface area contributed by atoms with Crippen LogP contribution in [-0.4, -0.2) is 34.6 Å². The molecule has 0 aromatic carbocycles. The Morgan fingerprint density at radius 3 is 2.08 bits per heavy atom. The highest BCUT2D eigenvalue weighted by molar-refractivity contribution is 14.1. The van der Waals surface area contributed by atoms with Crippen molar-refractivity contribution in [2.45, 2.75) is 16.2 Å². The van der Waals surface area contributed by atoms with Gasteiger partial charge in [-0.15, -0.1) is 23.2 Å². The average molecular weight is 351 g/mol. The molecule has 0 fully saturated rings. The minimum absolute atomic E-state index is 0.0103. The van der Waals surface area contributed by atoms with Crippen LogP contribution in [0.5, 0.6) is 0 Å². The molecule has 0 heterocycles. The maximum Gasteiger partial charge on any atom is 0.411 e. The molecule has 7 heteroatoms. The summed E-state index contributed by atoms with van der Waals surface area (Å²) < 4.78 is 39.5. The Morgan fingerprint density at radius 2 is 1.77 bits per heavy atom. The highest BCUT2D eigenvalue weighted by atomic mass is 127. The van der Waals surface area contributed by atoms with Gasteiger partial charge in [0.15, 0.2) is 0 Å². The van der Waals surface area contributed by atoms with E-state index in [1.165, 1.54) is 0 Å². The third-order valence-corrected chi connectivity index (χ3v) is 3.56. The maximum absolute atomic E-state index is 11.7. The number of alkyl halides is 6. The van der Waals surface area contributed by atoms with Crippen LogP contribution in [0.15, 0.2) is 0 Å². The zero-order valence-corrected chi connectivity index (χ0v) is 10.1. The molecule has 0 amide bonds. The van der Waals surface area contributed by atoms with Crippen LogP contribution in [0.2, 0.25) is 0 Å². The lowest BCUT2D eigenvalue weighted by Crippen LogP contribution is -2.31. The van der Waals surface area contributed by atoms with E-state index in [0.29, 0.717) is 0 Å². The molecule has 2 atom stereocenters. The highest BCUT2D eigenvalue weighted by Crippen LogP contribution is 2.19. The minimum Gasteiger partial charge on any atom is -0.366 e. The Kier molecular flexibility index (Phi) is 7.06. The number of hydrogen-bond acceptors (Lipinski definition) is 1. The fourth-order valence-corrected chi connectivity index (χ4v) is 1.81. The molecule has 0 bridgehead atoms. The van der Waals surface area contributed by atoms with Crippen molar-refractivity contribution in [1.29, 1.82) is 0 Å². The van der Waals surface area contributed by atoms with Gasteiger partial charge in [0.1, 0.15) is 6.61 Å². The smallest absolute Gasteiger partial charge is 0.366 e. The molecule has 0 aliphatic rings. The van der Waals surface area contributed by atoms with Crippen molar-refractivity contribution in [3.8, 4) is 0 Å². The molecular formula is C6H8Cl2F3IO. The van der Waals surface area contributed by atoms with Crippen molar-refractivity contribution in [2.24, 2.45) is 0 Å². The van der Waals surface area contributed by atoms with Crippen molar-refractivity contribution in [3.63, 3.8) is 0 Å². The molecule has 0 aromatic rings. The van der Waals surface area contributed by atoms with Crippen molar-refractivity contribution in [2.75, 3.05) is 18.4 Å². The van der Waals surface area contributed by atoms with Crippen LogP contribution in [0.3, 0.4) is 0 Å². The third kappa shape index (κ3) is 7.04. The predicted molar refractivity (Wildman–Crippen MR) is 55.0 cm³/mol. The molecule has 0 spiro atoms. The number of hydrogen-bond donors (Lipinski definition) is 0. The van der Waals surface area contributed by atoms with E-state index in [1.54, 1.807) is 0 Å². The van der Waals surface area contributed by atoms with Gasteiger partial charge >= 0.3 is 6.18 Å². The molecule has 2 unspecified atom stereocenters. The van der Waals surface area contributed by atoms with Gasteiger partial charge in [-0.05, 0) is 0 Å². The number of ether oxygens (including phenoxy) is 1. The SMILES string of the molecule is FC(F)(F)COC(CCl)C(I)CCl. The lowest BCUT2D eigenvalue weighted by molar-refractivity contribution is -0.182. The highest BCUT2D eigenvalue weighted by Gasteiger charge is 2.30. The Hall–Kier alpha value is 1.06. The number of rotatable bonds is 5. The Morgan fingerprint density at radius 1 is 1.23 bits per heavy atom. The first-order valence-electron chi connectivity index (χ1n) is 3.35. The molecule has 0 rings (SSSR count). The molecule has 0 N–H and O–H groups in total. The quantitative estimate of drug-likeness (QED) is 0.546. The summed E-state index contributed by atoms with van der Waals surface area (Å²) in [7, 11) is 0. The van der Waals surface area contributed by atoms with Crippen molar-refractivity contribution < 1.29 is 17.9 Å². The normalized spacial score (nSPS) is 17.1. The fourth-order valence-electron chi connectivity index (χ4n) is 0.547. The molecular weight excluding hydrogens is 343 g/mol. The molecule has 80 valence electrons. The van der Waals surface area contributed by atoms with E-state index >= 15 is 0 Å². The Bertz CT molecular complexity index is 144. The largest absolute Gasteiger partial charge is 0.411 e. The van der Waals surface area contributed by atoms with Crippen molar-refractivity contribution in [3.05, 3.63) is 0 Å². The summed E-state index contributed by atoms with van der Waals surface area (Å²) in [6.45, 7) is -1.28. The summed E-state index contributed by atoms with van der Waals surface area (Å²) in [5.41, 5.74) is 0. The van der Waals surface area contributed by atoms with Gasteiger partial charge in [0.25, 0.3) is 0 Å². The summed E-state index contributed by atoms with van der Waals surface area (Å²) in [6.07, 6.45) is -4.96. The van der Waals surface area contributed by atoms with Gasteiger partial charge in [-0.3, -0.25) is 0 Å². The van der Waals surface area contributed by atoms with Gasteiger partial charge in [-0.1, -0.05) is 22.6 Å². The molecule has 0 saturated heterocycles. The van der Waals surface area contributed by atoms with Crippen LogP contribution in [0.4, 0.5) is 13.2 Å². The molecule has 0 aliphatic carbocycles. The van der Waals surface area contributed by atoms with Gasteiger partial charge in [-0.25, -0.2) is 0 Å². The van der Waals surface area contributed by atoms with E-state index in [9.17, 15) is 13.2 Å². The van der Waals surface area contributed by atoms with E-state index in [-0.39, 0.29) is 15.7 Å². The van der Waals surface area contributed by atoms with E-state index in [1.807, 2.05) is 22.6 Å². The predicted octanol–water partition coefficient (Wildman–Crippen LogP) is 3.22. The second kappa shape index (κ2) is 6.53. The monoisotopic (exact) mass is 350 g/mol. The summed E-state index contributed by atoms with van der Waals surface area (Å²) in [5.74, 6) is 0.228. The van der Waals surface area contributed by atoms with Crippen molar-refractivity contribution in [1.82, 2.24) is 0 Å². The van der Waals surface area contributed by atoms with Crippen LogP contribution >= 0.6 is 45.8 Å². The van der Waals surface area contributed by atoms with Gasteiger partial charge in [-0.2, -0.15) is 13.2 Å². The van der Waals surface area contributed by atoms with Crippen LogP contribution in [-0.2, 0) is 4.74 Å². The molecule has 0 radical (unpaired) electrons. The van der Waals surface area contributed by atoms with E-state index in [2.05, 4.69) is 4.74 Å². The van der Waals surface area contributed by atoms with Gasteiger partial charge in [0.05, 0.1) is 10.0 Å². The van der Waals surface area contributed by atoms with E-state index in [4.69, 9.17) is 23.2 Å². The molecule has 0 aromatic heterocycles.